The molecule has 2 aliphatic heterocycles. The van der Waals surface area contributed by atoms with Crippen LogP contribution in [0.2, 0.25) is 0 Å². The highest BCUT2D eigenvalue weighted by Gasteiger charge is 2.23. The van der Waals surface area contributed by atoms with Crippen LogP contribution < -0.4 is 15.4 Å². The van der Waals surface area contributed by atoms with Crippen molar-refractivity contribution in [2.24, 2.45) is 10.9 Å². The molecule has 2 aliphatic rings. The Kier molecular flexibility index (Phi) is 9.84. The Hall–Kier alpha value is -2.29. The summed E-state index contributed by atoms with van der Waals surface area (Å²) in [5, 5.41) is 6.49. The Morgan fingerprint density at radius 3 is 2.64 bits per heavy atom. The summed E-state index contributed by atoms with van der Waals surface area (Å²) in [4.78, 5) is 18.9. The highest BCUT2D eigenvalue weighted by Crippen LogP contribution is 2.26. The van der Waals surface area contributed by atoms with E-state index in [1.165, 1.54) is 16.7 Å². The molecule has 2 heterocycles. The quantitative estimate of drug-likeness (QED) is 0.309. The van der Waals surface area contributed by atoms with Gasteiger partial charge in [-0.3, -0.25) is 9.79 Å². The number of halogens is 1. The minimum Gasteiger partial charge on any atom is -0.493 e. The van der Waals surface area contributed by atoms with E-state index < -0.39 is 0 Å². The SMILES string of the molecule is CN=C(NCCc1ccc2c(c1)CCO2)NCC(=O)N1CCC(Cc2ccccc2)CC1.I. The van der Waals surface area contributed by atoms with Gasteiger partial charge in [0.05, 0.1) is 13.2 Å². The molecule has 6 nitrogen and oxygen atoms in total. The van der Waals surface area contributed by atoms with Crippen molar-refractivity contribution in [2.45, 2.75) is 32.1 Å². The van der Waals surface area contributed by atoms with E-state index >= 15 is 0 Å². The molecular weight excluding hydrogens is 527 g/mol. The molecule has 33 heavy (non-hydrogen) atoms. The second-order valence-corrected chi connectivity index (χ2v) is 8.66. The van der Waals surface area contributed by atoms with Gasteiger partial charge in [-0.1, -0.05) is 42.5 Å². The molecule has 4 rings (SSSR count). The number of carbonyl (C=O) groups excluding carboxylic acids is 1. The van der Waals surface area contributed by atoms with Gasteiger partial charge < -0.3 is 20.3 Å². The van der Waals surface area contributed by atoms with Crippen LogP contribution in [0.25, 0.3) is 0 Å². The number of nitrogens with one attached hydrogen (secondary N) is 2. The molecule has 0 unspecified atom stereocenters. The molecule has 0 radical (unpaired) electrons. The summed E-state index contributed by atoms with van der Waals surface area (Å²) in [5.41, 5.74) is 3.97. The Morgan fingerprint density at radius 2 is 1.88 bits per heavy atom. The molecular formula is C26H35IN4O2. The van der Waals surface area contributed by atoms with Gasteiger partial charge in [0, 0.05) is 33.1 Å². The Balaban J connectivity index is 0.00000306. The van der Waals surface area contributed by atoms with E-state index in [-0.39, 0.29) is 36.4 Å². The average molecular weight is 562 g/mol. The zero-order chi connectivity index (χ0) is 22.2. The van der Waals surface area contributed by atoms with Gasteiger partial charge in [0.25, 0.3) is 0 Å². The number of fused-ring (bicyclic) bond motifs is 1. The van der Waals surface area contributed by atoms with Gasteiger partial charge in [0.1, 0.15) is 5.75 Å². The molecule has 0 aromatic heterocycles. The predicted molar refractivity (Wildman–Crippen MR) is 144 cm³/mol. The number of aliphatic imine (C=N–C) groups is 1. The van der Waals surface area contributed by atoms with Crippen LogP contribution in [0.5, 0.6) is 5.75 Å². The van der Waals surface area contributed by atoms with Crippen molar-refractivity contribution in [2.75, 3.05) is 39.8 Å². The number of rotatable bonds is 7. The van der Waals surface area contributed by atoms with Crippen molar-refractivity contribution in [3.8, 4) is 5.75 Å². The number of hydrogen-bond donors (Lipinski definition) is 2. The van der Waals surface area contributed by atoms with Crippen molar-refractivity contribution in [3.63, 3.8) is 0 Å². The van der Waals surface area contributed by atoms with Crippen LogP contribution in [0.3, 0.4) is 0 Å². The fourth-order valence-electron chi connectivity index (χ4n) is 4.55. The van der Waals surface area contributed by atoms with Gasteiger partial charge in [-0.15, -0.1) is 24.0 Å². The summed E-state index contributed by atoms with van der Waals surface area (Å²) in [7, 11) is 1.74. The van der Waals surface area contributed by atoms with E-state index in [0.29, 0.717) is 11.9 Å². The van der Waals surface area contributed by atoms with Gasteiger partial charge in [-0.25, -0.2) is 0 Å². The lowest BCUT2D eigenvalue weighted by Gasteiger charge is -2.32. The largest absolute Gasteiger partial charge is 0.493 e. The number of hydrogen-bond acceptors (Lipinski definition) is 3. The third kappa shape index (κ3) is 7.35. The summed E-state index contributed by atoms with van der Waals surface area (Å²) in [6.45, 7) is 3.50. The summed E-state index contributed by atoms with van der Waals surface area (Å²) >= 11 is 0. The van der Waals surface area contributed by atoms with Crippen molar-refractivity contribution >= 4 is 35.8 Å². The monoisotopic (exact) mass is 562 g/mol. The van der Waals surface area contributed by atoms with Crippen LogP contribution >= 0.6 is 24.0 Å². The Morgan fingerprint density at radius 1 is 1.09 bits per heavy atom. The maximum atomic E-state index is 12.7. The molecule has 0 saturated carbocycles. The number of carbonyl (C=O) groups is 1. The molecule has 1 saturated heterocycles. The number of benzene rings is 2. The highest BCUT2D eigenvalue weighted by molar-refractivity contribution is 14.0. The highest BCUT2D eigenvalue weighted by atomic mass is 127. The fourth-order valence-corrected chi connectivity index (χ4v) is 4.55. The Bertz CT molecular complexity index is 927. The third-order valence-electron chi connectivity index (χ3n) is 6.43. The third-order valence-corrected chi connectivity index (χ3v) is 6.43. The first-order chi connectivity index (χ1) is 15.7. The van der Waals surface area contributed by atoms with Gasteiger partial charge in [0.15, 0.2) is 5.96 Å². The lowest BCUT2D eigenvalue weighted by molar-refractivity contribution is -0.131. The number of piperidine rings is 1. The average Bonchev–Trinajstić information content (AvgIpc) is 3.30. The van der Waals surface area contributed by atoms with E-state index in [9.17, 15) is 4.79 Å². The number of guanidine groups is 1. The second kappa shape index (κ2) is 12.8. The molecule has 178 valence electrons. The first kappa shape index (κ1) is 25.3. The topological polar surface area (TPSA) is 66.0 Å². The minimum absolute atomic E-state index is 0. The van der Waals surface area contributed by atoms with Crippen LogP contribution in [0.15, 0.2) is 53.5 Å². The zero-order valence-corrected chi connectivity index (χ0v) is 21.7. The van der Waals surface area contributed by atoms with Crippen LogP contribution in [0.1, 0.15) is 29.5 Å². The lowest BCUT2D eigenvalue weighted by Crippen LogP contribution is -2.47. The summed E-state index contributed by atoms with van der Waals surface area (Å²) in [5.74, 6) is 2.49. The van der Waals surface area contributed by atoms with E-state index in [2.05, 4.69) is 64.2 Å². The van der Waals surface area contributed by atoms with Crippen LogP contribution in [0.4, 0.5) is 0 Å². The molecule has 1 fully saturated rings. The van der Waals surface area contributed by atoms with E-state index in [4.69, 9.17) is 4.74 Å². The van der Waals surface area contributed by atoms with Crippen LogP contribution in [-0.4, -0.2) is 56.6 Å². The molecule has 2 aromatic rings. The first-order valence-electron chi connectivity index (χ1n) is 11.7. The molecule has 0 bridgehead atoms. The maximum absolute atomic E-state index is 12.7. The number of likely N-dealkylation sites (tertiary alicyclic amines) is 1. The summed E-state index contributed by atoms with van der Waals surface area (Å²) < 4.78 is 5.57. The second-order valence-electron chi connectivity index (χ2n) is 8.66. The standard InChI is InChI=1S/C26H34N4O2.HI/c1-27-26(28-13-9-21-7-8-24-23(18-21)12-16-32-24)29-19-25(31)30-14-10-22(11-15-30)17-20-5-3-2-4-6-20;/h2-8,18,22H,9-17,19H2,1H3,(H2,27,28,29);1H. The first-order valence-corrected chi connectivity index (χ1v) is 11.7. The van der Waals surface area contributed by atoms with Crippen molar-refractivity contribution in [1.29, 1.82) is 0 Å². The molecule has 2 N–H and O–H groups in total. The van der Waals surface area contributed by atoms with E-state index in [1.807, 2.05) is 4.90 Å². The zero-order valence-electron chi connectivity index (χ0n) is 19.4. The molecule has 2 aromatic carbocycles. The fraction of sp³-hybridized carbons (Fsp3) is 0.462. The smallest absolute Gasteiger partial charge is 0.241 e. The minimum atomic E-state index is 0. The predicted octanol–water partition coefficient (Wildman–Crippen LogP) is 3.43. The number of ether oxygens (including phenoxy) is 1. The lowest BCUT2D eigenvalue weighted by atomic mass is 9.90. The van der Waals surface area contributed by atoms with Crippen molar-refractivity contribution in [3.05, 3.63) is 65.2 Å². The summed E-state index contributed by atoms with van der Waals surface area (Å²) in [6, 6.07) is 17.0. The normalized spacial score (nSPS) is 15.9. The molecule has 0 aliphatic carbocycles. The van der Waals surface area contributed by atoms with E-state index in [0.717, 1.165) is 64.1 Å². The van der Waals surface area contributed by atoms with Gasteiger partial charge in [-0.2, -0.15) is 0 Å². The summed E-state index contributed by atoms with van der Waals surface area (Å²) in [6.07, 6.45) is 5.13. The number of amides is 1. The Labute approximate surface area is 214 Å². The van der Waals surface area contributed by atoms with Crippen molar-refractivity contribution < 1.29 is 9.53 Å². The van der Waals surface area contributed by atoms with Crippen molar-refractivity contribution in [1.82, 2.24) is 15.5 Å². The number of nitrogens with zero attached hydrogens (tertiary/aromatic N) is 2. The van der Waals surface area contributed by atoms with E-state index in [1.54, 1.807) is 7.05 Å². The van der Waals surface area contributed by atoms with Crippen LogP contribution in [-0.2, 0) is 24.1 Å². The van der Waals surface area contributed by atoms with Gasteiger partial charge in [-0.05, 0) is 54.4 Å². The van der Waals surface area contributed by atoms with Gasteiger partial charge in [0.2, 0.25) is 5.91 Å². The van der Waals surface area contributed by atoms with Crippen LogP contribution in [0, 0.1) is 5.92 Å². The molecule has 0 atom stereocenters. The maximum Gasteiger partial charge on any atom is 0.241 e. The molecule has 0 spiro atoms. The molecule has 7 heteroatoms. The van der Waals surface area contributed by atoms with Gasteiger partial charge >= 0.3 is 0 Å². The molecule has 1 amide bonds.